The molecule has 0 spiro atoms. The van der Waals surface area contributed by atoms with Gasteiger partial charge >= 0.3 is 26.2 Å². The van der Waals surface area contributed by atoms with Gasteiger partial charge in [0.1, 0.15) is 0 Å². The Balaban J connectivity index is 0. The smallest absolute Gasteiger partial charge is 1.00 e. The number of hydrogen-bond donors (Lipinski definition) is 0. The third-order valence-corrected chi connectivity index (χ3v) is 3.67. The second kappa shape index (κ2) is 16.2. The molecular formula is C23H25Cl2OZr-3. The zero-order valence-corrected chi connectivity index (χ0v) is 20.0. The van der Waals surface area contributed by atoms with Gasteiger partial charge in [-0.05, 0) is 6.42 Å². The second-order valence-electron chi connectivity index (χ2n) is 5.66. The quantitative estimate of drug-likeness (QED) is 0.364. The first-order valence-corrected chi connectivity index (χ1v) is 8.32. The minimum Gasteiger partial charge on any atom is -1.00 e. The van der Waals surface area contributed by atoms with Crippen LogP contribution in [-0.4, -0.2) is 7.11 Å². The van der Waals surface area contributed by atoms with Crippen LogP contribution in [0.1, 0.15) is 30.5 Å². The predicted octanol–water partition coefficient (Wildman–Crippen LogP) is -0.154. The molecule has 0 bridgehead atoms. The zero-order valence-electron chi connectivity index (χ0n) is 16.0. The fraction of sp³-hybridized carbons (Fsp3) is 0.217. The molecule has 4 rings (SSSR count). The van der Waals surface area contributed by atoms with Gasteiger partial charge in [0.15, 0.2) is 0 Å². The van der Waals surface area contributed by atoms with Gasteiger partial charge in [-0.1, -0.05) is 35.4 Å². The number of rotatable bonds is 2. The molecule has 3 aromatic rings. The summed E-state index contributed by atoms with van der Waals surface area (Å²) in [5.74, 6) is 0. The molecule has 0 fully saturated rings. The van der Waals surface area contributed by atoms with E-state index in [-0.39, 0.29) is 51.0 Å². The van der Waals surface area contributed by atoms with Crippen molar-refractivity contribution in [1.82, 2.24) is 0 Å². The van der Waals surface area contributed by atoms with Crippen LogP contribution in [0, 0.1) is 12.5 Å². The van der Waals surface area contributed by atoms with E-state index in [0.29, 0.717) is 6.61 Å². The van der Waals surface area contributed by atoms with E-state index in [0.717, 1.165) is 6.42 Å². The van der Waals surface area contributed by atoms with Gasteiger partial charge in [0.2, 0.25) is 0 Å². The van der Waals surface area contributed by atoms with E-state index >= 15 is 0 Å². The van der Waals surface area contributed by atoms with Gasteiger partial charge in [-0.25, -0.2) is 12.1 Å². The maximum Gasteiger partial charge on any atom is 2.00 e. The summed E-state index contributed by atoms with van der Waals surface area (Å²) in [5, 5.41) is 0. The molecule has 144 valence electrons. The summed E-state index contributed by atoms with van der Waals surface area (Å²) in [5.41, 5.74) is 6.65. The summed E-state index contributed by atoms with van der Waals surface area (Å²) in [7, 11) is 1.74. The summed E-state index contributed by atoms with van der Waals surface area (Å²) in [6, 6.07) is 26.0. The molecule has 27 heavy (non-hydrogen) atoms. The average Bonchev–Trinajstić information content (AvgIpc) is 3.27. The largest absolute Gasteiger partial charge is 2.00 e. The average molecular weight is 480 g/mol. The minimum absolute atomic E-state index is 0. The van der Waals surface area contributed by atoms with Crippen molar-refractivity contribution in [3.05, 3.63) is 95.9 Å². The standard InChI is InChI=1S/C15H13O.C5H5.C3H7.2ClH.Zr/c1-16-10-13-7-4-6-12-9-11-5-2-3-8-14(11)15(12)13;1-2-4-5-3-1;1-3-2;;;/h2-5,7-8H,9-10H2,1H3;1-5H;3H,1-2H3;2*1H;/q3*-1;;;+2/p-2. The fourth-order valence-electron chi connectivity index (χ4n) is 2.77. The van der Waals surface area contributed by atoms with Crippen molar-refractivity contribution in [2.45, 2.75) is 26.9 Å². The van der Waals surface area contributed by atoms with Crippen molar-refractivity contribution < 1.29 is 55.8 Å². The molecule has 1 aliphatic carbocycles. The van der Waals surface area contributed by atoms with E-state index in [4.69, 9.17) is 4.74 Å². The summed E-state index contributed by atoms with van der Waals surface area (Å²) in [6.07, 6.45) is 3.00. The summed E-state index contributed by atoms with van der Waals surface area (Å²) in [4.78, 5) is 0. The molecule has 0 unspecified atom stereocenters. The maximum atomic E-state index is 5.25. The number of benzene rings is 2. The Bertz CT molecular complexity index is 710. The van der Waals surface area contributed by atoms with E-state index in [1.807, 2.05) is 56.7 Å². The van der Waals surface area contributed by atoms with Crippen LogP contribution >= 0.6 is 0 Å². The predicted molar refractivity (Wildman–Crippen MR) is 102 cm³/mol. The first kappa shape index (κ1) is 28.4. The van der Waals surface area contributed by atoms with Gasteiger partial charge in [0.25, 0.3) is 0 Å². The number of ether oxygens (including phenoxy) is 1. The van der Waals surface area contributed by atoms with Gasteiger partial charge in [0, 0.05) is 13.7 Å². The molecule has 1 nitrogen and oxygen atoms in total. The number of hydrogen-bond acceptors (Lipinski definition) is 1. The Morgan fingerprint density at radius 2 is 1.67 bits per heavy atom. The Hall–Kier alpha value is -0.787. The molecule has 0 aromatic heterocycles. The van der Waals surface area contributed by atoms with Crippen LogP contribution in [0.4, 0.5) is 0 Å². The molecule has 0 saturated carbocycles. The van der Waals surface area contributed by atoms with Crippen molar-refractivity contribution in [2.75, 3.05) is 7.11 Å². The van der Waals surface area contributed by atoms with E-state index in [2.05, 4.69) is 36.4 Å². The van der Waals surface area contributed by atoms with Gasteiger partial charge in [-0.3, -0.25) is 0 Å². The molecular weight excluding hydrogens is 454 g/mol. The summed E-state index contributed by atoms with van der Waals surface area (Å²) >= 11 is 0. The molecule has 4 heteroatoms. The third kappa shape index (κ3) is 8.40. The molecule has 3 aromatic carbocycles. The van der Waals surface area contributed by atoms with E-state index in [1.165, 1.54) is 27.8 Å². The number of methoxy groups -OCH3 is 1. The van der Waals surface area contributed by atoms with Crippen LogP contribution in [0.2, 0.25) is 0 Å². The van der Waals surface area contributed by atoms with Crippen LogP contribution in [0.15, 0.2) is 66.7 Å². The molecule has 0 heterocycles. The monoisotopic (exact) mass is 477 g/mol. The molecule has 0 atom stereocenters. The molecule has 0 saturated heterocycles. The Morgan fingerprint density at radius 1 is 1.04 bits per heavy atom. The van der Waals surface area contributed by atoms with E-state index in [9.17, 15) is 0 Å². The zero-order chi connectivity index (χ0) is 17.2. The first-order valence-electron chi connectivity index (χ1n) is 8.32. The van der Waals surface area contributed by atoms with E-state index in [1.54, 1.807) is 7.11 Å². The van der Waals surface area contributed by atoms with Gasteiger partial charge in [-0.15, -0.1) is 16.7 Å². The normalized spacial score (nSPS) is 9.44. The first-order chi connectivity index (χ1) is 11.8. The molecule has 0 amide bonds. The van der Waals surface area contributed by atoms with Crippen molar-refractivity contribution in [3.63, 3.8) is 0 Å². The van der Waals surface area contributed by atoms with Crippen molar-refractivity contribution >= 4 is 0 Å². The SMILES string of the molecule is COCc1cc[c-]c2c1-c1ccccc1C2.C[CH-]C.[Cl-].[Cl-].[Zr+2].c1cc[cH-]c1. The van der Waals surface area contributed by atoms with Gasteiger partial charge < -0.3 is 36.0 Å². The second-order valence-corrected chi connectivity index (χ2v) is 5.66. The Morgan fingerprint density at radius 3 is 2.22 bits per heavy atom. The van der Waals surface area contributed by atoms with Crippen LogP contribution in [0.5, 0.6) is 0 Å². The third-order valence-electron chi connectivity index (χ3n) is 3.67. The van der Waals surface area contributed by atoms with Crippen molar-refractivity contribution in [2.24, 2.45) is 0 Å². The van der Waals surface area contributed by atoms with Crippen LogP contribution in [0.3, 0.4) is 0 Å². The maximum absolute atomic E-state index is 5.25. The van der Waals surface area contributed by atoms with Crippen LogP contribution < -0.4 is 24.8 Å². The van der Waals surface area contributed by atoms with Gasteiger partial charge in [-0.2, -0.15) is 50.2 Å². The topological polar surface area (TPSA) is 9.23 Å². The van der Waals surface area contributed by atoms with Gasteiger partial charge in [0.05, 0.1) is 0 Å². The summed E-state index contributed by atoms with van der Waals surface area (Å²) < 4.78 is 5.25. The molecule has 0 N–H and O–H groups in total. The Labute approximate surface area is 195 Å². The van der Waals surface area contributed by atoms with E-state index < -0.39 is 0 Å². The number of halogens is 2. The van der Waals surface area contributed by atoms with Crippen LogP contribution in [-0.2, 0) is 44.0 Å². The summed E-state index contributed by atoms with van der Waals surface area (Å²) in [6.45, 7) is 4.67. The number of fused-ring (bicyclic) bond motifs is 3. The molecule has 1 aliphatic rings. The van der Waals surface area contributed by atoms with Crippen LogP contribution in [0.25, 0.3) is 11.1 Å². The molecule has 0 radical (unpaired) electrons. The van der Waals surface area contributed by atoms with Crippen molar-refractivity contribution in [1.29, 1.82) is 0 Å². The van der Waals surface area contributed by atoms with Crippen molar-refractivity contribution in [3.8, 4) is 11.1 Å². The molecule has 0 aliphatic heterocycles. The Kier molecular flexibility index (Phi) is 17.0. The minimum atomic E-state index is 0. The fourth-order valence-corrected chi connectivity index (χ4v) is 2.77.